The molecule has 0 unspecified atom stereocenters. The van der Waals surface area contributed by atoms with Crippen LogP contribution in [0.1, 0.15) is 12.5 Å². The van der Waals surface area contributed by atoms with E-state index in [4.69, 9.17) is 4.74 Å². The Morgan fingerprint density at radius 1 is 1.13 bits per heavy atom. The van der Waals surface area contributed by atoms with E-state index in [1.165, 1.54) is 5.56 Å². The number of ether oxygens (including phenoxy) is 1. The maximum Gasteiger partial charge on any atom is 0.214 e. The Morgan fingerprint density at radius 3 is 2.70 bits per heavy atom. The molecule has 0 N–H and O–H groups in total. The summed E-state index contributed by atoms with van der Waals surface area (Å²) in [7, 11) is 0. The van der Waals surface area contributed by atoms with Gasteiger partial charge in [-0.05, 0) is 47.2 Å². The Balaban J connectivity index is 1.81. The number of rotatable bonds is 6. The van der Waals surface area contributed by atoms with Crippen LogP contribution < -0.4 is 4.74 Å². The molecule has 3 rings (SSSR count). The molecule has 118 valence electrons. The van der Waals surface area contributed by atoms with Gasteiger partial charge >= 0.3 is 0 Å². The maximum atomic E-state index is 5.66. The van der Waals surface area contributed by atoms with Crippen LogP contribution in [-0.4, -0.2) is 26.8 Å². The number of para-hydroxylation sites is 2. The average Bonchev–Trinajstić information content (AvgIpc) is 3.03. The van der Waals surface area contributed by atoms with Crippen LogP contribution in [0, 0.1) is 0 Å². The van der Waals surface area contributed by atoms with Crippen molar-refractivity contribution in [2.24, 2.45) is 0 Å². The Labute approximate surface area is 147 Å². The number of halogens is 1. The summed E-state index contributed by atoms with van der Waals surface area (Å²) in [4.78, 5) is 0. The van der Waals surface area contributed by atoms with E-state index in [0.717, 1.165) is 26.8 Å². The standard InChI is InChI=1S/C16H15BrN4OS/c1-2-22-15-6-4-3-5-14(15)21-16(18-19-20-21)23-11-12-7-9-13(17)10-8-12/h3-10H,2,11H2,1H3. The van der Waals surface area contributed by atoms with Gasteiger partial charge in [0.2, 0.25) is 5.16 Å². The lowest BCUT2D eigenvalue weighted by atomic mass is 10.2. The minimum atomic E-state index is 0.598. The predicted molar refractivity (Wildman–Crippen MR) is 94.0 cm³/mol. The zero-order chi connectivity index (χ0) is 16.1. The first-order valence-corrected chi connectivity index (χ1v) is 8.93. The van der Waals surface area contributed by atoms with Crippen molar-refractivity contribution < 1.29 is 4.74 Å². The van der Waals surface area contributed by atoms with E-state index in [-0.39, 0.29) is 0 Å². The minimum absolute atomic E-state index is 0.598. The zero-order valence-electron chi connectivity index (χ0n) is 12.5. The number of aromatic nitrogens is 4. The summed E-state index contributed by atoms with van der Waals surface area (Å²) in [6.45, 7) is 2.56. The molecule has 0 spiro atoms. The number of thioether (sulfide) groups is 1. The smallest absolute Gasteiger partial charge is 0.214 e. The molecular formula is C16H15BrN4OS. The maximum absolute atomic E-state index is 5.66. The second kappa shape index (κ2) is 7.61. The molecule has 0 saturated carbocycles. The lowest BCUT2D eigenvalue weighted by Gasteiger charge is -2.10. The van der Waals surface area contributed by atoms with Crippen LogP contribution in [0.15, 0.2) is 58.2 Å². The first-order valence-electron chi connectivity index (χ1n) is 7.15. The molecule has 0 aliphatic heterocycles. The highest BCUT2D eigenvalue weighted by Crippen LogP contribution is 2.27. The minimum Gasteiger partial charge on any atom is -0.492 e. The number of nitrogens with zero attached hydrogens (tertiary/aromatic N) is 4. The van der Waals surface area contributed by atoms with Crippen molar-refractivity contribution in [3.05, 3.63) is 58.6 Å². The van der Waals surface area contributed by atoms with Gasteiger partial charge in [-0.25, -0.2) is 0 Å². The summed E-state index contributed by atoms with van der Waals surface area (Å²) in [5, 5.41) is 12.8. The van der Waals surface area contributed by atoms with Crippen LogP contribution in [-0.2, 0) is 5.75 Å². The van der Waals surface area contributed by atoms with Gasteiger partial charge < -0.3 is 4.74 Å². The topological polar surface area (TPSA) is 52.8 Å². The number of hydrogen-bond acceptors (Lipinski definition) is 5. The molecule has 0 radical (unpaired) electrons. The highest BCUT2D eigenvalue weighted by Gasteiger charge is 2.13. The highest BCUT2D eigenvalue weighted by molar-refractivity contribution is 9.10. The monoisotopic (exact) mass is 390 g/mol. The molecule has 0 aliphatic carbocycles. The predicted octanol–water partition coefficient (Wildman–Crippen LogP) is 4.12. The van der Waals surface area contributed by atoms with E-state index in [9.17, 15) is 0 Å². The van der Waals surface area contributed by atoms with E-state index in [1.807, 2.05) is 43.3 Å². The van der Waals surface area contributed by atoms with Crippen molar-refractivity contribution in [1.29, 1.82) is 0 Å². The molecule has 1 heterocycles. The molecule has 23 heavy (non-hydrogen) atoms. The number of hydrogen-bond donors (Lipinski definition) is 0. The molecule has 0 fully saturated rings. The molecule has 1 aromatic heterocycles. The quantitative estimate of drug-likeness (QED) is 0.592. The van der Waals surface area contributed by atoms with Crippen molar-refractivity contribution in [2.75, 3.05) is 6.61 Å². The average molecular weight is 391 g/mol. The Hall–Kier alpha value is -1.86. The highest BCUT2D eigenvalue weighted by atomic mass is 79.9. The summed E-state index contributed by atoms with van der Waals surface area (Å²) in [5.74, 6) is 1.57. The normalized spacial score (nSPS) is 10.7. The van der Waals surface area contributed by atoms with Crippen LogP contribution in [0.5, 0.6) is 5.75 Å². The molecule has 3 aromatic rings. The van der Waals surface area contributed by atoms with Crippen molar-refractivity contribution in [2.45, 2.75) is 17.8 Å². The van der Waals surface area contributed by atoms with Gasteiger partial charge in [0.15, 0.2) is 0 Å². The van der Waals surface area contributed by atoms with Crippen LogP contribution in [0.4, 0.5) is 0 Å². The lowest BCUT2D eigenvalue weighted by Crippen LogP contribution is -2.03. The molecule has 0 bridgehead atoms. The van der Waals surface area contributed by atoms with Crippen molar-refractivity contribution in [3.8, 4) is 11.4 Å². The summed E-state index contributed by atoms with van der Waals surface area (Å²) >= 11 is 5.03. The lowest BCUT2D eigenvalue weighted by molar-refractivity contribution is 0.337. The summed E-state index contributed by atoms with van der Waals surface area (Å²) in [6.07, 6.45) is 0. The van der Waals surface area contributed by atoms with Crippen LogP contribution in [0.2, 0.25) is 0 Å². The number of benzene rings is 2. The van der Waals surface area contributed by atoms with E-state index in [2.05, 4.69) is 43.6 Å². The SMILES string of the molecule is CCOc1ccccc1-n1nnnc1SCc1ccc(Br)cc1. The van der Waals surface area contributed by atoms with E-state index < -0.39 is 0 Å². The third-order valence-electron chi connectivity index (χ3n) is 3.12. The molecule has 2 aromatic carbocycles. The summed E-state index contributed by atoms with van der Waals surface area (Å²) in [6, 6.07) is 16.0. The Kier molecular flexibility index (Phi) is 5.30. The van der Waals surface area contributed by atoms with E-state index in [1.54, 1.807) is 16.4 Å². The first kappa shape index (κ1) is 16.0. The molecule has 0 amide bonds. The van der Waals surface area contributed by atoms with Gasteiger partial charge in [0.05, 0.1) is 6.61 Å². The second-order valence-corrected chi connectivity index (χ2v) is 6.55. The van der Waals surface area contributed by atoms with Crippen LogP contribution in [0.3, 0.4) is 0 Å². The Bertz CT molecular complexity index is 776. The van der Waals surface area contributed by atoms with E-state index in [0.29, 0.717) is 6.61 Å². The summed E-state index contributed by atoms with van der Waals surface area (Å²) in [5.41, 5.74) is 2.06. The van der Waals surface area contributed by atoms with Gasteiger partial charge in [0.1, 0.15) is 11.4 Å². The van der Waals surface area contributed by atoms with Gasteiger partial charge in [-0.15, -0.1) is 5.10 Å². The van der Waals surface area contributed by atoms with Gasteiger partial charge in [0, 0.05) is 10.2 Å². The zero-order valence-corrected chi connectivity index (χ0v) is 14.9. The first-order chi connectivity index (χ1) is 11.3. The molecule has 7 heteroatoms. The van der Waals surface area contributed by atoms with Crippen molar-refractivity contribution in [3.63, 3.8) is 0 Å². The van der Waals surface area contributed by atoms with Crippen molar-refractivity contribution in [1.82, 2.24) is 20.2 Å². The van der Waals surface area contributed by atoms with Crippen LogP contribution >= 0.6 is 27.7 Å². The Morgan fingerprint density at radius 2 is 1.91 bits per heavy atom. The molecule has 5 nitrogen and oxygen atoms in total. The van der Waals surface area contributed by atoms with Crippen molar-refractivity contribution >= 4 is 27.7 Å². The fourth-order valence-electron chi connectivity index (χ4n) is 2.06. The molecule has 0 saturated heterocycles. The largest absolute Gasteiger partial charge is 0.492 e. The van der Waals surface area contributed by atoms with Gasteiger partial charge in [-0.3, -0.25) is 0 Å². The summed E-state index contributed by atoms with van der Waals surface area (Å²) < 4.78 is 8.45. The molecule has 0 atom stereocenters. The van der Waals surface area contributed by atoms with Gasteiger partial charge in [-0.1, -0.05) is 52.0 Å². The third kappa shape index (κ3) is 3.92. The van der Waals surface area contributed by atoms with E-state index >= 15 is 0 Å². The fourth-order valence-corrected chi connectivity index (χ4v) is 3.16. The van der Waals surface area contributed by atoms with Gasteiger partial charge in [-0.2, -0.15) is 4.68 Å². The van der Waals surface area contributed by atoms with Crippen LogP contribution in [0.25, 0.3) is 5.69 Å². The molecular weight excluding hydrogens is 376 g/mol. The van der Waals surface area contributed by atoms with Gasteiger partial charge in [0.25, 0.3) is 0 Å². The fraction of sp³-hybridized carbons (Fsp3) is 0.188. The number of tetrazole rings is 1. The second-order valence-electron chi connectivity index (χ2n) is 4.69. The third-order valence-corrected chi connectivity index (χ3v) is 4.63. The molecule has 0 aliphatic rings.